The summed E-state index contributed by atoms with van der Waals surface area (Å²) < 4.78 is 6.30. The lowest BCUT2D eigenvalue weighted by atomic mass is 9.72. The summed E-state index contributed by atoms with van der Waals surface area (Å²) in [4.78, 5) is 4.33. The van der Waals surface area contributed by atoms with E-state index in [1.165, 1.54) is 12.8 Å². The van der Waals surface area contributed by atoms with Crippen LogP contribution >= 0.6 is 0 Å². The molecule has 3 unspecified atom stereocenters. The molecule has 4 heteroatoms. The lowest BCUT2D eigenvalue weighted by Crippen LogP contribution is -2.48. The third kappa shape index (κ3) is 3.38. The number of aryl methyl sites for hydroxylation is 1. The van der Waals surface area contributed by atoms with E-state index in [1.54, 1.807) is 0 Å². The number of hydrogen-bond donors (Lipinski definition) is 2. The van der Waals surface area contributed by atoms with Crippen LogP contribution in [0.4, 0.5) is 5.82 Å². The standard InChI is InChI=1S/C17H29N3O/c1-5-21-17(8-6-7-12(2)10-17)15(19-4)14-9-13(3)11-20-16(14)18/h9,11-12,15,19H,5-8,10H2,1-4H3,(H2,18,20). The third-order valence-electron chi connectivity index (χ3n) is 4.63. The van der Waals surface area contributed by atoms with Crippen LogP contribution in [0.1, 0.15) is 56.7 Å². The average molecular weight is 291 g/mol. The molecule has 1 aromatic rings. The minimum atomic E-state index is -0.176. The molecule has 1 aliphatic rings. The van der Waals surface area contributed by atoms with E-state index in [-0.39, 0.29) is 11.6 Å². The van der Waals surface area contributed by atoms with E-state index in [0.29, 0.717) is 11.7 Å². The Morgan fingerprint density at radius 3 is 2.95 bits per heavy atom. The van der Waals surface area contributed by atoms with Crippen molar-refractivity contribution in [2.24, 2.45) is 5.92 Å². The summed E-state index contributed by atoms with van der Waals surface area (Å²) in [5.41, 5.74) is 8.18. The first-order valence-corrected chi connectivity index (χ1v) is 8.05. The van der Waals surface area contributed by atoms with Crippen LogP contribution in [0.5, 0.6) is 0 Å². The number of ether oxygens (including phenoxy) is 1. The number of likely N-dealkylation sites (N-methyl/N-ethyl adjacent to an activating group) is 1. The van der Waals surface area contributed by atoms with Crippen molar-refractivity contribution >= 4 is 5.82 Å². The predicted octanol–water partition coefficient (Wildman–Crippen LogP) is 3.22. The van der Waals surface area contributed by atoms with Gasteiger partial charge in [0.1, 0.15) is 5.82 Å². The molecule has 0 amide bonds. The first kappa shape index (κ1) is 16.2. The number of rotatable bonds is 5. The van der Waals surface area contributed by atoms with E-state index in [0.717, 1.165) is 30.6 Å². The average Bonchev–Trinajstić information content (AvgIpc) is 2.43. The molecule has 1 aliphatic carbocycles. The van der Waals surface area contributed by atoms with E-state index in [1.807, 2.05) is 13.2 Å². The van der Waals surface area contributed by atoms with Gasteiger partial charge in [-0.15, -0.1) is 0 Å². The number of hydrogen-bond acceptors (Lipinski definition) is 4. The largest absolute Gasteiger partial charge is 0.383 e. The van der Waals surface area contributed by atoms with E-state index in [2.05, 4.69) is 37.1 Å². The number of nitrogens with zero attached hydrogens (tertiary/aromatic N) is 1. The summed E-state index contributed by atoms with van der Waals surface area (Å²) in [6.45, 7) is 7.17. The molecule has 2 rings (SSSR count). The number of aromatic nitrogens is 1. The smallest absolute Gasteiger partial charge is 0.128 e. The highest BCUT2D eigenvalue weighted by Gasteiger charge is 2.43. The molecular weight excluding hydrogens is 262 g/mol. The minimum Gasteiger partial charge on any atom is -0.383 e. The van der Waals surface area contributed by atoms with E-state index in [9.17, 15) is 0 Å². The molecule has 0 saturated heterocycles. The van der Waals surface area contributed by atoms with Gasteiger partial charge in [-0.2, -0.15) is 0 Å². The number of nitrogen functional groups attached to an aromatic ring is 1. The zero-order valence-electron chi connectivity index (χ0n) is 13.8. The Morgan fingerprint density at radius 2 is 2.33 bits per heavy atom. The zero-order chi connectivity index (χ0) is 15.5. The molecule has 0 bridgehead atoms. The van der Waals surface area contributed by atoms with Crippen molar-refractivity contribution in [2.75, 3.05) is 19.4 Å². The monoisotopic (exact) mass is 291 g/mol. The third-order valence-corrected chi connectivity index (χ3v) is 4.63. The van der Waals surface area contributed by atoms with Gasteiger partial charge in [-0.25, -0.2) is 4.98 Å². The van der Waals surface area contributed by atoms with Gasteiger partial charge in [0.25, 0.3) is 0 Å². The van der Waals surface area contributed by atoms with Crippen LogP contribution in [-0.2, 0) is 4.74 Å². The number of pyridine rings is 1. The van der Waals surface area contributed by atoms with Crippen LogP contribution in [0, 0.1) is 12.8 Å². The van der Waals surface area contributed by atoms with E-state index in [4.69, 9.17) is 10.5 Å². The normalized spacial score (nSPS) is 27.5. The molecule has 118 valence electrons. The van der Waals surface area contributed by atoms with E-state index < -0.39 is 0 Å². The van der Waals surface area contributed by atoms with Crippen molar-refractivity contribution in [2.45, 2.75) is 58.1 Å². The Labute approximate surface area is 128 Å². The minimum absolute atomic E-state index is 0.0904. The molecule has 0 radical (unpaired) electrons. The molecule has 21 heavy (non-hydrogen) atoms. The second kappa shape index (κ2) is 6.75. The van der Waals surface area contributed by atoms with Crippen molar-refractivity contribution in [1.29, 1.82) is 0 Å². The van der Waals surface area contributed by atoms with Gasteiger partial charge in [0.2, 0.25) is 0 Å². The molecule has 1 aromatic heterocycles. The summed E-state index contributed by atoms with van der Waals surface area (Å²) in [5, 5.41) is 3.46. The molecular formula is C17H29N3O. The molecule has 3 atom stereocenters. The lowest BCUT2D eigenvalue weighted by molar-refractivity contribution is -0.100. The molecule has 1 heterocycles. The summed E-state index contributed by atoms with van der Waals surface area (Å²) >= 11 is 0. The Balaban J connectivity index is 2.42. The van der Waals surface area contributed by atoms with Crippen LogP contribution < -0.4 is 11.1 Å². The SMILES string of the molecule is CCOC1(C(NC)c2cc(C)cnc2N)CCCC(C)C1. The second-order valence-corrected chi connectivity index (χ2v) is 6.41. The topological polar surface area (TPSA) is 60.2 Å². The van der Waals surface area contributed by atoms with Crippen LogP contribution in [-0.4, -0.2) is 24.2 Å². The van der Waals surface area contributed by atoms with Crippen LogP contribution in [0.3, 0.4) is 0 Å². The van der Waals surface area contributed by atoms with Gasteiger partial charge in [-0.1, -0.05) is 19.8 Å². The van der Waals surface area contributed by atoms with Crippen molar-refractivity contribution in [3.63, 3.8) is 0 Å². The van der Waals surface area contributed by atoms with Crippen molar-refractivity contribution in [3.05, 3.63) is 23.4 Å². The van der Waals surface area contributed by atoms with Crippen molar-refractivity contribution < 1.29 is 4.74 Å². The van der Waals surface area contributed by atoms with Gasteiger partial charge in [0.05, 0.1) is 11.6 Å². The molecule has 1 fully saturated rings. The molecule has 0 aliphatic heterocycles. The summed E-state index contributed by atoms with van der Waals surface area (Å²) in [6, 6.07) is 2.23. The molecule has 1 saturated carbocycles. The number of anilines is 1. The van der Waals surface area contributed by atoms with Crippen LogP contribution in [0.25, 0.3) is 0 Å². The molecule has 4 nitrogen and oxygen atoms in total. The molecule has 0 spiro atoms. The van der Waals surface area contributed by atoms with Crippen LogP contribution in [0.15, 0.2) is 12.3 Å². The highest BCUT2D eigenvalue weighted by Crippen LogP contribution is 2.44. The van der Waals surface area contributed by atoms with E-state index >= 15 is 0 Å². The fraction of sp³-hybridized carbons (Fsp3) is 0.706. The fourth-order valence-corrected chi connectivity index (χ4v) is 3.84. The van der Waals surface area contributed by atoms with Gasteiger partial charge in [0.15, 0.2) is 0 Å². The van der Waals surface area contributed by atoms with Crippen molar-refractivity contribution in [1.82, 2.24) is 10.3 Å². The Hall–Kier alpha value is -1.13. The van der Waals surface area contributed by atoms with Gasteiger partial charge in [-0.3, -0.25) is 0 Å². The first-order chi connectivity index (χ1) is 10.0. The predicted molar refractivity (Wildman–Crippen MR) is 87.2 cm³/mol. The summed E-state index contributed by atoms with van der Waals surface area (Å²) in [7, 11) is 1.99. The maximum atomic E-state index is 6.30. The van der Waals surface area contributed by atoms with Crippen LogP contribution in [0.2, 0.25) is 0 Å². The Morgan fingerprint density at radius 1 is 1.57 bits per heavy atom. The highest BCUT2D eigenvalue weighted by atomic mass is 16.5. The highest BCUT2D eigenvalue weighted by molar-refractivity contribution is 5.44. The van der Waals surface area contributed by atoms with Gasteiger partial charge in [0, 0.05) is 18.4 Å². The fourth-order valence-electron chi connectivity index (χ4n) is 3.84. The second-order valence-electron chi connectivity index (χ2n) is 6.41. The number of nitrogens with two attached hydrogens (primary N) is 1. The van der Waals surface area contributed by atoms with Gasteiger partial charge in [-0.05, 0) is 51.3 Å². The molecule has 3 N–H and O–H groups in total. The molecule has 0 aromatic carbocycles. The van der Waals surface area contributed by atoms with Gasteiger partial charge < -0.3 is 15.8 Å². The maximum Gasteiger partial charge on any atom is 0.128 e. The van der Waals surface area contributed by atoms with Gasteiger partial charge >= 0.3 is 0 Å². The Bertz CT molecular complexity index is 473. The Kier molecular flexibility index (Phi) is 5.22. The lowest BCUT2D eigenvalue weighted by Gasteiger charge is -2.45. The zero-order valence-corrected chi connectivity index (χ0v) is 13.8. The quantitative estimate of drug-likeness (QED) is 0.874. The summed E-state index contributed by atoms with van der Waals surface area (Å²) in [6.07, 6.45) is 6.46. The number of nitrogens with one attached hydrogen (secondary N) is 1. The van der Waals surface area contributed by atoms with Crippen molar-refractivity contribution in [3.8, 4) is 0 Å². The summed E-state index contributed by atoms with van der Waals surface area (Å²) in [5.74, 6) is 1.29. The first-order valence-electron chi connectivity index (χ1n) is 8.05. The maximum absolute atomic E-state index is 6.30.